The first-order valence-electron chi connectivity index (χ1n) is 7.33. The number of carbonyl (C=O) groups is 2. The number of hydrogen-bond donors (Lipinski definition) is 0. The number of hydrogen-bond acceptors (Lipinski definition) is 6. The van der Waals surface area contributed by atoms with Crippen LogP contribution in [0, 0.1) is 5.92 Å². The molecule has 7 nitrogen and oxygen atoms in total. The molecule has 1 saturated heterocycles. The molecule has 1 aliphatic heterocycles. The molecule has 132 valence electrons. The standard InChI is InChI=1S/C15H18ClNO6S/c1-3-23-15(19)12-7-11(22-2)4-5-13(12)17-8-10(6-14(17)18)9-24(16,20)21/h4-5,7,10H,3,6,8-9H2,1-2H3. The van der Waals surface area contributed by atoms with Gasteiger partial charge >= 0.3 is 5.97 Å². The van der Waals surface area contributed by atoms with Crippen LogP contribution in [0.15, 0.2) is 18.2 Å². The topological polar surface area (TPSA) is 90.0 Å². The summed E-state index contributed by atoms with van der Waals surface area (Å²) in [4.78, 5) is 25.8. The molecular formula is C15H18ClNO6S. The summed E-state index contributed by atoms with van der Waals surface area (Å²) >= 11 is 0. The number of esters is 1. The summed E-state index contributed by atoms with van der Waals surface area (Å²) in [6.07, 6.45) is 0.0558. The fourth-order valence-electron chi connectivity index (χ4n) is 2.66. The minimum atomic E-state index is -3.70. The second kappa shape index (κ2) is 7.40. The lowest BCUT2D eigenvalue weighted by molar-refractivity contribution is -0.117. The van der Waals surface area contributed by atoms with Crippen LogP contribution in [-0.2, 0) is 18.6 Å². The van der Waals surface area contributed by atoms with Crippen molar-refractivity contribution in [3.8, 4) is 5.75 Å². The summed E-state index contributed by atoms with van der Waals surface area (Å²) in [7, 11) is 3.03. The normalized spacial score (nSPS) is 17.9. The summed E-state index contributed by atoms with van der Waals surface area (Å²) in [6.45, 7) is 2.04. The fraction of sp³-hybridized carbons (Fsp3) is 0.467. The number of carbonyl (C=O) groups excluding carboxylic acids is 2. The molecule has 1 unspecified atom stereocenters. The first kappa shape index (κ1) is 18.5. The number of nitrogens with zero attached hydrogens (tertiary/aromatic N) is 1. The molecule has 1 aliphatic rings. The molecule has 1 aromatic rings. The van der Waals surface area contributed by atoms with Crippen LogP contribution in [0.25, 0.3) is 0 Å². The van der Waals surface area contributed by atoms with Crippen molar-refractivity contribution < 1.29 is 27.5 Å². The Hall–Kier alpha value is -1.80. The minimum Gasteiger partial charge on any atom is -0.497 e. The molecule has 1 fully saturated rings. The van der Waals surface area contributed by atoms with Crippen molar-refractivity contribution in [2.24, 2.45) is 5.92 Å². The van der Waals surface area contributed by atoms with Gasteiger partial charge in [-0.1, -0.05) is 0 Å². The summed E-state index contributed by atoms with van der Waals surface area (Å²) < 4.78 is 32.6. The van der Waals surface area contributed by atoms with Crippen molar-refractivity contribution in [3.05, 3.63) is 23.8 Å². The molecule has 2 rings (SSSR count). The molecule has 0 aliphatic carbocycles. The molecule has 0 N–H and O–H groups in total. The van der Waals surface area contributed by atoms with Crippen molar-refractivity contribution in [2.45, 2.75) is 13.3 Å². The molecule has 0 radical (unpaired) electrons. The van der Waals surface area contributed by atoms with E-state index < -0.39 is 20.9 Å². The smallest absolute Gasteiger partial charge is 0.340 e. The lowest BCUT2D eigenvalue weighted by Crippen LogP contribution is -2.27. The molecule has 24 heavy (non-hydrogen) atoms. The van der Waals surface area contributed by atoms with Gasteiger partial charge < -0.3 is 14.4 Å². The SMILES string of the molecule is CCOC(=O)c1cc(OC)ccc1N1CC(CS(=O)(=O)Cl)CC1=O. The van der Waals surface area contributed by atoms with Crippen molar-refractivity contribution >= 4 is 37.3 Å². The van der Waals surface area contributed by atoms with E-state index in [1.54, 1.807) is 19.1 Å². The number of halogens is 1. The highest BCUT2D eigenvalue weighted by molar-refractivity contribution is 8.13. The second-order valence-corrected chi connectivity index (χ2v) is 8.21. The van der Waals surface area contributed by atoms with Crippen LogP contribution in [0.3, 0.4) is 0 Å². The number of methoxy groups -OCH3 is 1. The van der Waals surface area contributed by atoms with E-state index in [-0.39, 0.29) is 36.8 Å². The Bertz CT molecular complexity index is 748. The Morgan fingerprint density at radius 2 is 2.12 bits per heavy atom. The van der Waals surface area contributed by atoms with Crippen LogP contribution in [0.4, 0.5) is 5.69 Å². The quantitative estimate of drug-likeness (QED) is 0.556. The number of benzene rings is 1. The Labute approximate surface area is 144 Å². The summed E-state index contributed by atoms with van der Waals surface area (Å²) in [5, 5.41) is 0. The zero-order valence-electron chi connectivity index (χ0n) is 13.3. The highest BCUT2D eigenvalue weighted by atomic mass is 35.7. The molecule has 0 aromatic heterocycles. The average molecular weight is 376 g/mol. The monoisotopic (exact) mass is 375 g/mol. The maximum atomic E-state index is 12.3. The minimum absolute atomic E-state index is 0.0558. The highest BCUT2D eigenvalue weighted by Crippen LogP contribution is 2.32. The Kier molecular flexibility index (Phi) is 5.71. The lowest BCUT2D eigenvalue weighted by Gasteiger charge is -2.20. The van der Waals surface area contributed by atoms with Crippen molar-refractivity contribution in [1.82, 2.24) is 0 Å². The van der Waals surface area contributed by atoms with Gasteiger partial charge in [0.2, 0.25) is 15.0 Å². The lowest BCUT2D eigenvalue weighted by atomic mass is 10.1. The average Bonchev–Trinajstić information content (AvgIpc) is 2.85. The molecule has 0 saturated carbocycles. The van der Waals surface area contributed by atoms with E-state index in [1.807, 2.05) is 0 Å². The van der Waals surface area contributed by atoms with Crippen LogP contribution in [0.5, 0.6) is 5.75 Å². The maximum absolute atomic E-state index is 12.3. The first-order valence-corrected chi connectivity index (χ1v) is 9.81. The zero-order valence-corrected chi connectivity index (χ0v) is 14.9. The van der Waals surface area contributed by atoms with Gasteiger partial charge in [-0.2, -0.15) is 0 Å². The third-order valence-electron chi connectivity index (χ3n) is 3.63. The summed E-state index contributed by atoms with van der Waals surface area (Å²) in [5.74, 6) is -1.10. The molecule has 9 heteroatoms. The Balaban J connectivity index is 2.34. The van der Waals surface area contributed by atoms with Gasteiger partial charge in [0.1, 0.15) is 5.75 Å². The number of amides is 1. The van der Waals surface area contributed by atoms with Gasteiger partial charge in [-0.25, -0.2) is 13.2 Å². The summed E-state index contributed by atoms with van der Waals surface area (Å²) in [5.41, 5.74) is 0.563. The van der Waals surface area contributed by atoms with E-state index in [4.69, 9.17) is 20.2 Å². The van der Waals surface area contributed by atoms with E-state index in [2.05, 4.69) is 0 Å². The van der Waals surface area contributed by atoms with Gasteiger partial charge in [0.15, 0.2) is 0 Å². The van der Waals surface area contributed by atoms with E-state index in [1.165, 1.54) is 18.1 Å². The van der Waals surface area contributed by atoms with Crippen molar-refractivity contribution in [2.75, 3.05) is 30.9 Å². The Morgan fingerprint density at radius 3 is 2.71 bits per heavy atom. The van der Waals surface area contributed by atoms with Gasteiger partial charge in [-0.15, -0.1) is 0 Å². The second-order valence-electron chi connectivity index (χ2n) is 5.38. The maximum Gasteiger partial charge on any atom is 0.340 e. The zero-order chi connectivity index (χ0) is 17.9. The van der Waals surface area contributed by atoms with Crippen LogP contribution in [-0.4, -0.2) is 46.3 Å². The molecule has 1 amide bonds. The largest absolute Gasteiger partial charge is 0.497 e. The van der Waals surface area contributed by atoms with Crippen LogP contribution in [0.1, 0.15) is 23.7 Å². The van der Waals surface area contributed by atoms with E-state index >= 15 is 0 Å². The number of ether oxygens (including phenoxy) is 2. The van der Waals surface area contributed by atoms with Gasteiger partial charge in [0.05, 0.1) is 30.7 Å². The van der Waals surface area contributed by atoms with Crippen LogP contribution in [0.2, 0.25) is 0 Å². The molecule has 1 heterocycles. The predicted octanol–water partition coefficient (Wildman–Crippen LogP) is 1.79. The highest BCUT2D eigenvalue weighted by Gasteiger charge is 2.35. The third-order valence-corrected chi connectivity index (χ3v) is 4.88. The van der Waals surface area contributed by atoms with Crippen molar-refractivity contribution in [1.29, 1.82) is 0 Å². The van der Waals surface area contributed by atoms with Gasteiger partial charge in [0.25, 0.3) is 0 Å². The third kappa shape index (κ3) is 4.39. The molecular weight excluding hydrogens is 358 g/mol. The first-order chi connectivity index (χ1) is 11.2. The fourth-order valence-corrected chi connectivity index (χ4v) is 3.98. The van der Waals surface area contributed by atoms with Gasteiger partial charge in [0, 0.05) is 29.6 Å². The molecule has 1 atom stereocenters. The van der Waals surface area contributed by atoms with Gasteiger partial charge in [-0.05, 0) is 25.1 Å². The molecule has 0 bridgehead atoms. The summed E-state index contributed by atoms with van der Waals surface area (Å²) in [6, 6.07) is 4.70. The molecule has 1 aromatic carbocycles. The van der Waals surface area contributed by atoms with E-state index in [0.717, 1.165) is 0 Å². The van der Waals surface area contributed by atoms with E-state index in [9.17, 15) is 18.0 Å². The van der Waals surface area contributed by atoms with Crippen molar-refractivity contribution in [3.63, 3.8) is 0 Å². The van der Waals surface area contributed by atoms with Crippen LogP contribution >= 0.6 is 10.7 Å². The predicted molar refractivity (Wildman–Crippen MR) is 89.1 cm³/mol. The molecule has 0 spiro atoms. The Morgan fingerprint density at radius 1 is 1.42 bits per heavy atom. The van der Waals surface area contributed by atoms with E-state index in [0.29, 0.717) is 11.4 Å². The van der Waals surface area contributed by atoms with Gasteiger partial charge in [-0.3, -0.25) is 4.79 Å². The number of anilines is 1. The van der Waals surface area contributed by atoms with Crippen LogP contribution < -0.4 is 9.64 Å². The number of rotatable bonds is 6.